The lowest BCUT2D eigenvalue weighted by Gasteiger charge is -2.43. The van der Waals surface area contributed by atoms with Gasteiger partial charge in [0.1, 0.15) is 0 Å². The van der Waals surface area contributed by atoms with Crippen molar-refractivity contribution < 1.29 is 4.74 Å². The maximum atomic E-state index is 5.65. The van der Waals surface area contributed by atoms with E-state index in [4.69, 9.17) is 4.74 Å². The van der Waals surface area contributed by atoms with Crippen molar-refractivity contribution in [2.45, 2.75) is 70.1 Å². The minimum absolute atomic E-state index is 0.440. The highest BCUT2D eigenvalue weighted by Crippen LogP contribution is 2.32. The van der Waals surface area contributed by atoms with Gasteiger partial charge in [-0.05, 0) is 50.5 Å². The van der Waals surface area contributed by atoms with Gasteiger partial charge in [-0.3, -0.25) is 4.90 Å². The van der Waals surface area contributed by atoms with Crippen LogP contribution in [-0.2, 0) is 4.74 Å². The van der Waals surface area contributed by atoms with Gasteiger partial charge in [0.15, 0.2) is 0 Å². The Morgan fingerprint density at radius 1 is 1.10 bits per heavy atom. The quantitative estimate of drug-likeness (QED) is 0.860. The molecule has 20 heavy (non-hydrogen) atoms. The first-order chi connectivity index (χ1) is 9.76. The zero-order valence-corrected chi connectivity index (χ0v) is 13.3. The molecule has 3 fully saturated rings. The summed E-state index contributed by atoms with van der Waals surface area (Å²) < 4.78 is 5.65. The first kappa shape index (κ1) is 14.8. The van der Waals surface area contributed by atoms with Gasteiger partial charge in [0.25, 0.3) is 0 Å². The third-order valence-electron chi connectivity index (χ3n) is 6.00. The Kier molecular flexibility index (Phi) is 5.00. The van der Waals surface area contributed by atoms with E-state index in [0.29, 0.717) is 6.10 Å². The lowest BCUT2D eigenvalue weighted by atomic mass is 9.77. The number of nitrogens with one attached hydrogen (secondary N) is 1. The van der Waals surface area contributed by atoms with E-state index in [1.165, 1.54) is 58.0 Å². The molecule has 1 saturated carbocycles. The minimum Gasteiger partial charge on any atom is -0.380 e. The smallest absolute Gasteiger partial charge is 0.0724 e. The van der Waals surface area contributed by atoms with Crippen LogP contribution >= 0.6 is 0 Å². The average Bonchev–Trinajstić information content (AvgIpc) is 2.49. The second kappa shape index (κ2) is 6.76. The third kappa shape index (κ3) is 3.37. The number of methoxy groups -OCH3 is 1. The Bertz CT molecular complexity index is 309. The van der Waals surface area contributed by atoms with E-state index in [0.717, 1.165) is 30.5 Å². The van der Waals surface area contributed by atoms with Gasteiger partial charge in [-0.1, -0.05) is 19.8 Å². The molecule has 2 heterocycles. The van der Waals surface area contributed by atoms with Gasteiger partial charge in [-0.15, -0.1) is 0 Å². The molecule has 3 aliphatic rings. The SMILES string of the molecule is COC1CN(CC2CCC3CCCCC3N2)CCC1C. The fourth-order valence-electron chi connectivity index (χ4n) is 4.60. The molecule has 3 rings (SSSR count). The summed E-state index contributed by atoms with van der Waals surface area (Å²) in [6.45, 7) is 5.95. The molecule has 1 aliphatic carbocycles. The Morgan fingerprint density at radius 2 is 1.95 bits per heavy atom. The summed E-state index contributed by atoms with van der Waals surface area (Å²) in [6.07, 6.45) is 10.4. The van der Waals surface area contributed by atoms with Crippen molar-refractivity contribution in [2.75, 3.05) is 26.7 Å². The Balaban J connectivity index is 1.48. The maximum Gasteiger partial charge on any atom is 0.0724 e. The average molecular weight is 280 g/mol. The normalized spacial score (nSPS) is 43.2. The first-order valence-electron chi connectivity index (χ1n) is 8.77. The van der Waals surface area contributed by atoms with E-state index in [9.17, 15) is 0 Å². The summed E-state index contributed by atoms with van der Waals surface area (Å²) in [4.78, 5) is 2.63. The Labute approximate surface area is 124 Å². The molecule has 3 nitrogen and oxygen atoms in total. The Hall–Kier alpha value is -0.120. The van der Waals surface area contributed by atoms with Crippen molar-refractivity contribution >= 4 is 0 Å². The molecule has 2 saturated heterocycles. The van der Waals surface area contributed by atoms with Crippen LogP contribution in [0.3, 0.4) is 0 Å². The van der Waals surface area contributed by atoms with Crippen LogP contribution in [0.25, 0.3) is 0 Å². The van der Waals surface area contributed by atoms with Crippen LogP contribution < -0.4 is 5.32 Å². The summed E-state index contributed by atoms with van der Waals surface area (Å²) in [6, 6.07) is 1.55. The van der Waals surface area contributed by atoms with Crippen molar-refractivity contribution in [1.82, 2.24) is 10.2 Å². The molecule has 0 aromatic rings. The van der Waals surface area contributed by atoms with Gasteiger partial charge < -0.3 is 10.1 Å². The molecule has 0 bridgehead atoms. The number of piperidine rings is 2. The number of rotatable bonds is 3. The number of likely N-dealkylation sites (tertiary alicyclic amines) is 1. The lowest BCUT2D eigenvalue weighted by molar-refractivity contribution is -0.0101. The zero-order valence-electron chi connectivity index (χ0n) is 13.3. The highest BCUT2D eigenvalue weighted by Gasteiger charge is 2.33. The van der Waals surface area contributed by atoms with Gasteiger partial charge in [0, 0.05) is 32.3 Å². The summed E-state index contributed by atoms with van der Waals surface area (Å²) in [5.41, 5.74) is 0. The molecule has 0 amide bonds. The number of ether oxygens (including phenoxy) is 1. The van der Waals surface area contributed by atoms with E-state index < -0.39 is 0 Å². The van der Waals surface area contributed by atoms with Gasteiger partial charge >= 0.3 is 0 Å². The van der Waals surface area contributed by atoms with E-state index in [1.807, 2.05) is 7.11 Å². The van der Waals surface area contributed by atoms with E-state index in [1.54, 1.807) is 0 Å². The predicted octanol–water partition coefficient (Wildman–Crippen LogP) is 2.65. The van der Waals surface area contributed by atoms with E-state index in [2.05, 4.69) is 17.1 Å². The zero-order chi connectivity index (χ0) is 13.9. The van der Waals surface area contributed by atoms with Crippen molar-refractivity contribution in [3.05, 3.63) is 0 Å². The molecule has 116 valence electrons. The number of nitrogens with zero attached hydrogens (tertiary/aromatic N) is 1. The number of hydrogen-bond acceptors (Lipinski definition) is 3. The second-order valence-corrected chi connectivity index (χ2v) is 7.39. The van der Waals surface area contributed by atoms with Crippen molar-refractivity contribution in [1.29, 1.82) is 0 Å². The molecule has 0 radical (unpaired) electrons. The van der Waals surface area contributed by atoms with Gasteiger partial charge in [0.05, 0.1) is 6.10 Å². The minimum atomic E-state index is 0.440. The summed E-state index contributed by atoms with van der Waals surface area (Å²) in [5, 5.41) is 3.96. The van der Waals surface area contributed by atoms with E-state index >= 15 is 0 Å². The monoisotopic (exact) mass is 280 g/mol. The molecule has 0 aromatic heterocycles. The number of hydrogen-bond donors (Lipinski definition) is 1. The predicted molar refractivity (Wildman–Crippen MR) is 82.9 cm³/mol. The highest BCUT2D eigenvalue weighted by molar-refractivity contribution is 4.91. The van der Waals surface area contributed by atoms with Crippen LogP contribution in [0, 0.1) is 11.8 Å². The largest absolute Gasteiger partial charge is 0.380 e. The van der Waals surface area contributed by atoms with Crippen LogP contribution in [0.15, 0.2) is 0 Å². The fourth-order valence-corrected chi connectivity index (χ4v) is 4.60. The molecule has 3 heteroatoms. The van der Waals surface area contributed by atoms with Gasteiger partial charge in [-0.25, -0.2) is 0 Å². The van der Waals surface area contributed by atoms with Crippen LogP contribution in [0.5, 0.6) is 0 Å². The second-order valence-electron chi connectivity index (χ2n) is 7.39. The van der Waals surface area contributed by atoms with Gasteiger partial charge in [-0.2, -0.15) is 0 Å². The molecule has 0 spiro atoms. The van der Waals surface area contributed by atoms with Crippen LogP contribution in [0.1, 0.15) is 51.9 Å². The van der Waals surface area contributed by atoms with E-state index in [-0.39, 0.29) is 0 Å². The van der Waals surface area contributed by atoms with Crippen molar-refractivity contribution in [2.24, 2.45) is 11.8 Å². The summed E-state index contributed by atoms with van der Waals surface area (Å²) >= 11 is 0. The van der Waals surface area contributed by atoms with Crippen molar-refractivity contribution in [3.63, 3.8) is 0 Å². The van der Waals surface area contributed by atoms with Crippen LogP contribution in [0.2, 0.25) is 0 Å². The first-order valence-corrected chi connectivity index (χ1v) is 8.77. The summed E-state index contributed by atoms with van der Waals surface area (Å²) in [7, 11) is 1.87. The topological polar surface area (TPSA) is 24.5 Å². The van der Waals surface area contributed by atoms with Gasteiger partial charge in [0.2, 0.25) is 0 Å². The molecular formula is C17H32N2O. The third-order valence-corrected chi connectivity index (χ3v) is 6.00. The number of fused-ring (bicyclic) bond motifs is 1. The fraction of sp³-hybridized carbons (Fsp3) is 1.00. The van der Waals surface area contributed by atoms with Crippen LogP contribution in [-0.4, -0.2) is 49.8 Å². The maximum absolute atomic E-state index is 5.65. The molecule has 1 N–H and O–H groups in total. The van der Waals surface area contributed by atoms with Crippen LogP contribution in [0.4, 0.5) is 0 Å². The Morgan fingerprint density at radius 3 is 2.80 bits per heavy atom. The van der Waals surface area contributed by atoms with Crippen molar-refractivity contribution in [3.8, 4) is 0 Å². The molecule has 2 aliphatic heterocycles. The highest BCUT2D eigenvalue weighted by atomic mass is 16.5. The molecular weight excluding hydrogens is 248 g/mol. The molecule has 5 atom stereocenters. The molecule has 5 unspecified atom stereocenters. The lowest BCUT2D eigenvalue weighted by Crippen LogP contribution is -2.55. The summed E-state index contributed by atoms with van der Waals surface area (Å²) in [5.74, 6) is 1.70. The standard InChI is InChI=1S/C17H32N2O/c1-13-9-10-19(12-17(13)20-2)11-15-8-7-14-5-3-4-6-16(14)18-15/h13-18H,3-12H2,1-2H3. The molecule has 0 aromatic carbocycles.